The minimum Gasteiger partial charge on any atom is -0.489 e. The Morgan fingerprint density at radius 2 is 1.55 bits per heavy atom. The number of amides is 1. The molecule has 1 amide bonds. The molecule has 6 rings (SSSR count). The molecule has 1 saturated heterocycles. The van der Waals surface area contributed by atoms with Gasteiger partial charge in [0.05, 0.1) is 40.6 Å². The molecule has 15 nitrogen and oxygen atoms in total. The van der Waals surface area contributed by atoms with E-state index < -0.39 is 17.8 Å². The van der Waals surface area contributed by atoms with E-state index in [1.807, 2.05) is 0 Å². The summed E-state index contributed by atoms with van der Waals surface area (Å²) in [5.74, 6) is -1.70. The topological polar surface area (TPSA) is 198 Å². The Kier molecular flexibility index (Phi) is 17.0. The smallest absolute Gasteiger partial charge is 0.337 e. The zero-order valence-electron chi connectivity index (χ0n) is 30.7. The van der Waals surface area contributed by atoms with Crippen molar-refractivity contribution in [2.45, 2.75) is 12.8 Å². The number of nitrogens with one attached hydrogen (secondary N) is 2. The van der Waals surface area contributed by atoms with E-state index in [9.17, 15) is 18.8 Å². The Morgan fingerprint density at radius 1 is 0.893 bits per heavy atom. The van der Waals surface area contributed by atoms with Crippen LogP contribution in [-0.2, 0) is 14.3 Å². The van der Waals surface area contributed by atoms with Crippen molar-refractivity contribution in [3.8, 4) is 5.75 Å². The van der Waals surface area contributed by atoms with Crippen LogP contribution in [0.5, 0.6) is 5.75 Å². The number of hydrogen-bond donors (Lipinski definition) is 4. The predicted molar refractivity (Wildman–Crippen MR) is 208 cm³/mol. The Hall–Kier alpha value is -6.07. The van der Waals surface area contributed by atoms with Crippen LogP contribution in [0.1, 0.15) is 33.6 Å². The molecular formula is C39H41ClFN7O8. The van der Waals surface area contributed by atoms with Crippen molar-refractivity contribution >= 4 is 57.5 Å². The lowest BCUT2D eigenvalue weighted by molar-refractivity contribution is -0.112. The monoisotopic (exact) mass is 789 g/mol. The molecule has 1 fully saturated rings. The van der Waals surface area contributed by atoms with Crippen LogP contribution in [0.2, 0.25) is 5.02 Å². The van der Waals surface area contributed by atoms with Crippen LogP contribution < -0.4 is 15.4 Å². The maximum Gasteiger partial charge on any atom is 0.337 e. The first-order valence-electron chi connectivity index (χ1n) is 17.2. The van der Waals surface area contributed by atoms with Gasteiger partial charge < -0.3 is 40.0 Å². The van der Waals surface area contributed by atoms with E-state index in [2.05, 4.69) is 35.5 Å². The first-order chi connectivity index (χ1) is 27.1. The van der Waals surface area contributed by atoms with E-state index >= 15 is 0 Å². The van der Waals surface area contributed by atoms with Crippen LogP contribution in [0.15, 0.2) is 97.4 Å². The molecule has 0 spiro atoms. The van der Waals surface area contributed by atoms with Gasteiger partial charge in [-0.25, -0.2) is 23.9 Å². The number of likely N-dealkylation sites (tertiary alicyclic amines) is 1. The Balaban J connectivity index is 0.000000314. The van der Waals surface area contributed by atoms with Crippen molar-refractivity contribution in [1.29, 1.82) is 0 Å². The second kappa shape index (κ2) is 22.3. The average molecular weight is 790 g/mol. The molecule has 2 aromatic carbocycles. The van der Waals surface area contributed by atoms with Crippen molar-refractivity contribution in [3.63, 3.8) is 0 Å². The fourth-order valence-corrected chi connectivity index (χ4v) is 5.29. The van der Waals surface area contributed by atoms with Crippen LogP contribution in [0.3, 0.4) is 0 Å². The number of aromatic carboxylic acids is 2. The maximum atomic E-state index is 13.6. The standard InChI is InChI=1S/C27H31ClFN5O4.2C6H5NO2/c1-36-10-9-34-7-5-18(6-8-34)13-26(35)33-24-15-20-23(16-25(24)38-12-11-37-2)30-17-31-27(20)32-19-3-4-22(29)21(28)14-19;2*8-6(9)5-2-1-3-7-4-5/h3-4,13-17H,5-12H2,1-2H3,(H,33,35)(H,30,31,32);2*1-4H,(H,8,9). The molecular weight excluding hydrogens is 749 g/mol. The van der Waals surface area contributed by atoms with Crippen molar-refractivity contribution < 1.29 is 43.2 Å². The van der Waals surface area contributed by atoms with Gasteiger partial charge in [0.25, 0.3) is 0 Å². The van der Waals surface area contributed by atoms with Gasteiger partial charge >= 0.3 is 11.9 Å². The molecule has 56 heavy (non-hydrogen) atoms. The van der Waals surface area contributed by atoms with E-state index in [1.54, 1.807) is 50.6 Å². The fourth-order valence-electron chi connectivity index (χ4n) is 5.11. The second-order valence-electron chi connectivity index (χ2n) is 11.9. The zero-order chi connectivity index (χ0) is 40.3. The number of ether oxygens (including phenoxy) is 3. The molecule has 0 unspecified atom stereocenters. The van der Waals surface area contributed by atoms with Gasteiger partial charge in [0.1, 0.15) is 30.3 Å². The van der Waals surface area contributed by atoms with E-state index in [-0.39, 0.29) is 22.1 Å². The zero-order valence-corrected chi connectivity index (χ0v) is 31.4. The van der Waals surface area contributed by atoms with Crippen LogP contribution in [0.25, 0.3) is 10.9 Å². The molecule has 0 bridgehead atoms. The number of methoxy groups -OCH3 is 2. The third-order valence-electron chi connectivity index (χ3n) is 7.98. The number of carbonyl (C=O) groups is 3. The van der Waals surface area contributed by atoms with Crippen molar-refractivity contribution in [3.05, 3.63) is 119 Å². The molecule has 0 atom stereocenters. The van der Waals surface area contributed by atoms with Crippen LogP contribution in [0, 0.1) is 5.82 Å². The quantitative estimate of drug-likeness (QED) is 0.0759. The Morgan fingerprint density at radius 3 is 2.11 bits per heavy atom. The van der Waals surface area contributed by atoms with Crippen LogP contribution in [0.4, 0.5) is 21.6 Å². The Labute approximate surface area is 327 Å². The fraction of sp³-hybridized carbons (Fsp3) is 0.256. The highest BCUT2D eigenvalue weighted by Crippen LogP contribution is 2.34. The van der Waals surface area contributed by atoms with Gasteiger partial charge in [-0.05, 0) is 61.4 Å². The maximum absolute atomic E-state index is 13.6. The van der Waals surface area contributed by atoms with Gasteiger partial charge in [0.2, 0.25) is 5.91 Å². The first kappa shape index (κ1) is 42.7. The molecule has 17 heteroatoms. The highest BCUT2D eigenvalue weighted by Gasteiger charge is 2.17. The first-order valence-corrected chi connectivity index (χ1v) is 17.6. The third-order valence-corrected chi connectivity index (χ3v) is 8.27. The number of rotatable bonds is 13. The summed E-state index contributed by atoms with van der Waals surface area (Å²) in [7, 11) is 3.29. The van der Waals surface area contributed by atoms with Gasteiger partial charge in [-0.3, -0.25) is 14.8 Å². The SMILES string of the molecule is COCCOc1cc2ncnc(Nc3ccc(F)c(Cl)c3)c2cc1NC(=O)C=C1CCN(CCOC)CC1.O=C(O)c1cccnc1.O=C(O)c1cccnc1. The van der Waals surface area contributed by atoms with Gasteiger partial charge in [0.15, 0.2) is 0 Å². The summed E-state index contributed by atoms with van der Waals surface area (Å²) in [6, 6.07) is 14.0. The minimum absolute atomic E-state index is 0.00675. The lowest BCUT2D eigenvalue weighted by Crippen LogP contribution is -2.33. The molecule has 1 aliphatic heterocycles. The largest absolute Gasteiger partial charge is 0.489 e. The molecule has 5 aromatic rings. The summed E-state index contributed by atoms with van der Waals surface area (Å²) in [6.07, 6.45) is 10.4. The summed E-state index contributed by atoms with van der Waals surface area (Å²) >= 11 is 5.94. The summed E-state index contributed by atoms with van der Waals surface area (Å²) in [4.78, 5) is 51.6. The van der Waals surface area contributed by atoms with Gasteiger partial charge in [-0.1, -0.05) is 17.2 Å². The number of nitrogens with zero attached hydrogens (tertiary/aromatic N) is 5. The van der Waals surface area contributed by atoms with Gasteiger partial charge in [-0.2, -0.15) is 0 Å². The number of benzene rings is 2. The molecule has 1 aliphatic rings. The van der Waals surface area contributed by atoms with E-state index in [0.29, 0.717) is 53.7 Å². The second-order valence-corrected chi connectivity index (χ2v) is 12.3. The Bertz CT molecular complexity index is 2040. The molecule has 3 aromatic heterocycles. The van der Waals surface area contributed by atoms with Crippen molar-refractivity contribution in [2.24, 2.45) is 0 Å². The van der Waals surface area contributed by atoms with E-state index in [0.717, 1.165) is 38.0 Å². The lowest BCUT2D eigenvalue weighted by atomic mass is 10.0. The van der Waals surface area contributed by atoms with E-state index in [1.165, 1.54) is 55.4 Å². The number of anilines is 3. The summed E-state index contributed by atoms with van der Waals surface area (Å²) in [5, 5.41) is 23.4. The van der Waals surface area contributed by atoms with Gasteiger partial charge in [-0.15, -0.1) is 0 Å². The minimum atomic E-state index is -0.942. The third kappa shape index (κ3) is 13.7. The van der Waals surface area contributed by atoms with Gasteiger partial charge in [0, 0.05) is 81.9 Å². The highest BCUT2D eigenvalue weighted by atomic mass is 35.5. The molecule has 4 heterocycles. The summed E-state index contributed by atoms with van der Waals surface area (Å²) in [6.45, 7) is 4.05. The van der Waals surface area contributed by atoms with Crippen molar-refractivity contribution in [2.75, 3.05) is 64.3 Å². The highest BCUT2D eigenvalue weighted by molar-refractivity contribution is 6.31. The number of carboxylic acid groups (broad SMARTS) is 2. The molecule has 0 aliphatic carbocycles. The average Bonchev–Trinajstić information content (AvgIpc) is 3.20. The number of carbonyl (C=O) groups excluding carboxylic acids is 1. The summed E-state index contributed by atoms with van der Waals surface area (Å²) in [5.41, 5.74) is 3.17. The molecule has 0 radical (unpaired) electrons. The number of hydrogen-bond acceptors (Lipinski definition) is 12. The number of pyridine rings is 2. The van der Waals surface area contributed by atoms with Crippen LogP contribution >= 0.6 is 11.6 Å². The van der Waals surface area contributed by atoms with Crippen molar-refractivity contribution in [1.82, 2.24) is 24.8 Å². The molecule has 4 N–H and O–H groups in total. The van der Waals surface area contributed by atoms with E-state index in [4.69, 9.17) is 36.0 Å². The lowest BCUT2D eigenvalue weighted by Gasteiger charge is -2.27. The number of halogens is 2. The molecule has 0 saturated carbocycles. The molecule has 294 valence electrons. The number of aromatic nitrogens is 4. The normalized spacial score (nSPS) is 12.3. The van der Waals surface area contributed by atoms with Crippen LogP contribution in [-0.4, -0.2) is 107 Å². The number of piperidine rings is 1. The number of carboxylic acids is 2. The summed E-state index contributed by atoms with van der Waals surface area (Å²) < 4.78 is 29.8. The predicted octanol–water partition coefficient (Wildman–Crippen LogP) is 6.36. The number of fused-ring (bicyclic) bond motifs is 1.